The molecule has 0 aliphatic heterocycles. The quantitative estimate of drug-likeness (QED) is 0.679. The lowest BCUT2D eigenvalue weighted by Crippen LogP contribution is -2.35. The van der Waals surface area contributed by atoms with Gasteiger partial charge < -0.3 is 15.4 Å². The van der Waals surface area contributed by atoms with Crippen LogP contribution in [0, 0.1) is 20.8 Å². The number of aromatic amines is 1. The van der Waals surface area contributed by atoms with Gasteiger partial charge in [0.2, 0.25) is 0 Å². The lowest BCUT2D eigenvalue weighted by molar-refractivity contribution is 0.0851. The smallest absolute Gasteiger partial charge is 0.268 e. The molecule has 5 nitrogen and oxygen atoms in total. The second kappa shape index (κ2) is 6.37. The normalized spacial score (nSPS) is 13.9. The topological polar surface area (TPSA) is 78.0 Å². The van der Waals surface area contributed by atoms with E-state index >= 15 is 0 Å². The SMILES string of the molecule is Cc1nc([C@@H](NC(=O)c2cc3c(C)c(C)ccc3[nH]2)[C@@H](C)O)cs1. The number of nitrogens with zero attached hydrogens (tertiary/aromatic N) is 1. The van der Waals surface area contributed by atoms with Crippen molar-refractivity contribution in [1.82, 2.24) is 15.3 Å². The number of carbonyl (C=O) groups excluding carboxylic acids is 1. The zero-order valence-electron chi connectivity index (χ0n) is 14.2. The van der Waals surface area contributed by atoms with E-state index in [1.807, 2.05) is 37.4 Å². The molecule has 0 spiro atoms. The highest BCUT2D eigenvalue weighted by atomic mass is 32.1. The van der Waals surface area contributed by atoms with E-state index in [2.05, 4.69) is 22.2 Å². The number of fused-ring (bicyclic) bond motifs is 1. The Morgan fingerprint density at radius 1 is 1.33 bits per heavy atom. The maximum absolute atomic E-state index is 12.6. The minimum Gasteiger partial charge on any atom is -0.391 e. The number of amides is 1. The number of benzene rings is 1. The highest BCUT2D eigenvalue weighted by molar-refractivity contribution is 7.09. The molecule has 3 rings (SSSR count). The molecule has 0 radical (unpaired) electrons. The molecule has 0 aliphatic carbocycles. The van der Waals surface area contributed by atoms with Gasteiger partial charge in [-0.3, -0.25) is 4.79 Å². The Morgan fingerprint density at radius 2 is 2.08 bits per heavy atom. The molecule has 0 fully saturated rings. The van der Waals surface area contributed by atoms with Gasteiger partial charge in [-0.15, -0.1) is 11.3 Å². The van der Waals surface area contributed by atoms with Crippen LogP contribution in [-0.2, 0) is 0 Å². The molecule has 0 bridgehead atoms. The second-order valence-electron chi connectivity index (χ2n) is 6.13. The van der Waals surface area contributed by atoms with Crippen molar-refractivity contribution in [3.8, 4) is 0 Å². The summed E-state index contributed by atoms with van der Waals surface area (Å²) in [4.78, 5) is 20.2. The van der Waals surface area contributed by atoms with Crippen LogP contribution in [0.5, 0.6) is 0 Å². The molecule has 1 amide bonds. The number of aliphatic hydroxyl groups excluding tert-OH is 1. The number of rotatable bonds is 4. The molecule has 6 heteroatoms. The molecule has 2 heterocycles. The van der Waals surface area contributed by atoms with Crippen LogP contribution < -0.4 is 5.32 Å². The van der Waals surface area contributed by atoms with Crippen molar-refractivity contribution in [3.05, 3.63) is 51.1 Å². The molecule has 1 aromatic carbocycles. The Balaban J connectivity index is 1.89. The fourth-order valence-electron chi connectivity index (χ4n) is 2.76. The van der Waals surface area contributed by atoms with Gasteiger partial charge in [0.1, 0.15) is 5.69 Å². The molecule has 24 heavy (non-hydrogen) atoms. The summed E-state index contributed by atoms with van der Waals surface area (Å²) in [5, 5.41) is 16.7. The Kier molecular flexibility index (Phi) is 4.43. The van der Waals surface area contributed by atoms with Crippen molar-refractivity contribution in [3.63, 3.8) is 0 Å². The third-order valence-corrected chi connectivity index (χ3v) is 5.10. The predicted octanol–water partition coefficient (Wildman–Crippen LogP) is 3.40. The second-order valence-corrected chi connectivity index (χ2v) is 7.20. The van der Waals surface area contributed by atoms with Crippen molar-refractivity contribution < 1.29 is 9.90 Å². The summed E-state index contributed by atoms with van der Waals surface area (Å²) in [5.74, 6) is -0.250. The Bertz CT molecular complexity index is 895. The van der Waals surface area contributed by atoms with Crippen molar-refractivity contribution in [2.75, 3.05) is 0 Å². The van der Waals surface area contributed by atoms with Gasteiger partial charge in [0.05, 0.1) is 22.8 Å². The summed E-state index contributed by atoms with van der Waals surface area (Å²) in [5.41, 5.74) is 4.44. The number of H-pyrrole nitrogens is 1. The van der Waals surface area contributed by atoms with E-state index in [1.165, 1.54) is 16.9 Å². The number of hydrogen-bond acceptors (Lipinski definition) is 4. The van der Waals surface area contributed by atoms with Gasteiger partial charge in [-0.1, -0.05) is 6.07 Å². The van der Waals surface area contributed by atoms with Crippen molar-refractivity contribution >= 4 is 28.1 Å². The van der Waals surface area contributed by atoms with Crippen LogP contribution in [0.3, 0.4) is 0 Å². The van der Waals surface area contributed by atoms with E-state index in [0.717, 1.165) is 21.5 Å². The summed E-state index contributed by atoms with van der Waals surface area (Å²) in [7, 11) is 0. The third-order valence-electron chi connectivity index (χ3n) is 4.31. The van der Waals surface area contributed by atoms with Gasteiger partial charge >= 0.3 is 0 Å². The summed E-state index contributed by atoms with van der Waals surface area (Å²) in [6, 6.07) is 5.34. The first-order valence-electron chi connectivity index (χ1n) is 7.86. The standard InChI is InChI=1S/C18H21N3O2S/c1-9-5-6-14-13(10(9)2)7-15(20-14)18(23)21-17(11(3)22)16-8-24-12(4)19-16/h5-8,11,17,20,22H,1-4H3,(H,21,23)/t11-,17+/m1/s1. The summed E-state index contributed by atoms with van der Waals surface area (Å²) in [6.07, 6.45) is -0.733. The molecule has 3 N–H and O–H groups in total. The maximum Gasteiger partial charge on any atom is 0.268 e. The van der Waals surface area contributed by atoms with Crippen LogP contribution in [0.25, 0.3) is 10.9 Å². The molecular weight excluding hydrogens is 322 g/mol. The summed E-state index contributed by atoms with van der Waals surface area (Å²) < 4.78 is 0. The highest BCUT2D eigenvalue weighted by Gasteiger charge is 2.23. The predicted molar refractivity (Wildman–Crippen MR) is 96.5 cm³/mol. The zero-order chi connectivity index (χ0) is 17.4. The first-order valence-corrected chi connectivity index (χ1v) is 8.74. The highest BCUT2D eigenvalue weighted by Crippen LogP contribution is 2.24. The van der Waals surface area contributed by atoms with Crippen molar-refractivity contribution in [2.24, 2.45) is 0 Å². The zero-order valence-corrected chi connectivity index (χ0v) is 15.0. The average molecular weight is 343 g/mol. The molecule has 0 unspecified atom stereocenters. The van der Waals surface area contributed by atoms with Crippen LogP contribution in [0.15, 0.2) is 23.6 Å². The molecular formula is C18H21N3O2S. The van der Waals surface area contributed by atoms with Gasteiger partial charge in [-0.05, 0) is 51.0 Å². The van der Waals surface area contributed by atoms with Crippen LogP contribution in [0.1, 0.15) is 45.3 Å². The number of aromatic nitrogens is 2. The van der Waals surface area contributed by atoms with E-state index in [1.54, 1.807) is 6.92 Å². The third kappa shape index (κ3) is 3.07. The van der Waals surface area contributed by atoms with E-state index in [-0.39, 0.29) is 5.91 Å². The first kappa shape index (κ1) is 16.7. The number of aryl methyl sites for hydroxylation is 3. The molecule has 126 valence electrons. The lowest BCUT2D eigenvalue weighted by atomic mass is 10.1. The summed E-state index contributed by atoms with van der Waals surface area (Å²) >= 11 is 1.50. The van der Waals surface area contributed by atoms with Gasteiger partial charge in [0, 0.05) is 16.3 Å². The molecule has 3 aromatic rings. The van der Waals surface area contributed by atoms with Crippen molar-refractivity contribution in [2.45, 2.75) is 39.8 Å². The van der Waals surface area contributed by atoms with Gasteiger partial charge in [0.25, 0.3) is 5.91 Å². The number of nitrogens with one attached hydrogen (secondary N) is 2. The molecule has 2 aromatic heterocycles. The van der Waals surface area contributed by atoms with E-state index < -0.39 is 12.1 Å². The fourth-order valence-corrected chi connectivity index (χ4v) is 3.41. The molecule has 0 saturated heterocycles. The average Bonchev–Trinajstić information content (AvgIpc) is 3.15. The largest absolute Gasteiger partial charge is 0.391 e. The fraction of sp³-hybridized carbons (Fsp3) is 0.333. The molecule has 0 aliphatic rings. The number of carbonyl (C=O) groups is 1. The monoisotopic (exact) mass is 343 g/mol. The van der Waals surface area contributed by atoms with E-state index in [9.17, 15) is 9.90 Å². The van der Waals surface area contributed by atoms with Gasteiger partial charge in [-0.2, -0.15) is 0 Å². The van der Waals surface area contributed by atoms with Crippen molar-refractivity contribution in [1.29, 1.82) is 0 Å². The Morgan fingerprint density at radius 3 is 2.71 bits per heavy atom. The molecule has 2 atom stereocenters. The van der Waals surface area contributed by atoms with Crippen LogP contribution in [0.4, 0.5) is 0 Å². The first-order chi connectivity index (χ1) is 11.4. The Hall–Kier alpha value is -2.18. The minimum atomic E-state index is -0.733. The van der Waals surface area contributed by atoms with E-state index in [0.29, 0.717) is 11.4 Å². The van der Waals surface area contributed by atoms with E-state index in [4.69, 9.17) is 0 Å². The Labute approximate surface area is 144 Å². The number of hydrogen-bond donors (Lipinski definition) is 3. The molecule has 0 saturated carbocycles. The van der Waals surface area contributed by atoms with Gasteiger partial charge in [0.15, 0.2) is 0 Å². The maximum atomic E-state index is 12.6. The number of aliphatic hydroxyl groups is 1. The van der Waals surface area contributed by atoms with Gasteiger partial charge in [-0.25, -0.2) is 4.98 Å². The number of thiazole rings is 1. The van der Waals surface area contributed by atoms with Crippen LogP contribution in [-0.4, -0.2) is 27.1 Å². The minimum absolute atomic E-state index is 0.250. The lowest BCUT2D eigenvalue weighted by Gasteiger charge is -2.19. The van der Waals surface area contributed by atoms with Crippen LogP contribution in [0.2, 0.25) is 0 Å². The van der Waals surface area contributed by atoms with Crippen LogP contribution >= 0.6 is 11.3 Å². The summed E-state index contributed by atoms with van der Waals surface area (Å²) in [6.45, 7) is 7.65.